The molecule has 1 atom stereocenters. The molecule has 0 aliphatic carbocycles. The lowest BCUT2D eigenvalue weighted by atomic mass is 9.95. The summed E-state index contributed by atoms with van der Waals surface area (Å²) < 4.78 is 19.5. The van der Waals surface area contributed by atoms with Crippen molar-refractivity contribution < 1.29 is 18.7 Å². The number of anilines is 1. The second-order valence-electron chi connectivity index (χ2n) is 7.51. The molecule has 0 aromatic heterocycles. The van der Waals surface area contributed by atoms with Gasteiger partial charge in [0.05, 0.1) is 17.3 Å². The summed E-state index contributed by atoms with van der Waals surface area (Å²) in [7, 11) is 0. The predicted molar refractivity (Wildman–Crippen MR) is 105 cm³/mol. The molecule has 4 nitrogen and oxygen atoms in total. The van der Waals surface area contributed by atoms with Gasteiger partial charge < -0.3 is 10.1 Å². The molecule has 1 aromatic carbocycles. The van der Waals surface area contributed by atoms with Crippen LogP contribution in [0, 0.1) is 17.2 Å². The number of halogens is 2. The number of benzene rings is 1. The summed E-state index contributed by atoms with van der Waals surface area (Å²) >= 11 is 7.34. The van der Waals surface area contributed by atoms with Gasteiger partial charge in [-0.25, -0.2) is 4.39 Å². The highest BCUT2D eigenvalue weighted by Gasteiger charge is 2.25. The highest BCUT2D eigenvalue weighted by atomic mass is 35.5. The SMILES string of the molecule is CCC(Sc1cc(NC(=O)C(C)(C)C)c(F)cc1Cl)C(=O)OCC(C)C. The van der Waals surface area contributed by atoms with E-state index in [0.717, 1.165) is 6.07 Å². The van der Waals surface area contributed by atoms with E-state index in [4.69, 9.17) is 16.3 Å². The Morgan fingerprint density at radius 3 is 2.42 bits per heavy atom. The third-order valence-corrected chi connectivity index (χ3v) is 5.24. The number of hydrogen-bond acceptors (Lipinski definition) is 4. The minimum absolute atomic E-state index is 0.0437. The van der Waals surface area contributed by atoms with E-state index in [2.05, 4.69) is 5.32 Å². The molecule has 146 valence electrons. The number of carbonyl (C=O) groups is 2. The molecule has 1 unspecified atom stereocenters. The lowest BCUT2D eigenvalue weighted by Crippen LogP contribution is -2.28. The Kier molecular flexibility index (Phi) is 8.41. The first kappa shape index (κ1) is 22.8. The number of hydrogen-bond donors (Lipinski definition) is 1. The first-order chi connectivity index (χ1) is 12.0. The topological polar surface area (TPSA) is 55.4 Å². The summed E-state index contributed by atoms with van der Waals surface area (Å²) in [5, 5.41) is 2.31. The van der Waals surface area contributed by atoms with E-state index in [-0.39, 0.29) is 28.5 Å². The minimum Gasteiger partial charge on any atom is -0.465 e. The average Bonchev–Trinajstić information content (AvgIpc) is 2.52. The van der Waals surface area contributed by atoms with Gasteiger partial charge in [0.2, 0.25) is 5.91 Å². The molecular formula is C19H27ClFNO3S. The number of amides is 1. The van der Waals surface area contributed by atoms with Crippen molar-refractivity contribution >= 4 is 40.9 Å². The number of rotatable bonds is 7. The molecule has 1 amide bonds. The maximum Gasteiger partial charge on any atom is 0.319 e. The highest BCUT2D eigenvalue weighted by molar-refractivity contribution is 8.00. The van der Waals surface area contributed by atoms with Gasteiger partial charge in [0.15, 0.2) is 0 Å². The molecule has 1 aromatic rings. The number of thioether (sulfide) groups is 1. The van der Waals surface area contributed by atoms with Crippen molar-refractivity contribution in [1.82, 2.24) is 0 Å². The zero-order chi connectivity index (χ0) is 20.1. The molecule has 0 saturated carbocycles. The fraction of sp³-hybridized carbons (Fsp3) is 0.579. The maximum atomic E-state index is 14.2. The Labute approximate surface area is 164 Å². The van der Waals surface area contributed by atoms with E-state index in [9.17, 15) is 14.0 Å². The van der Waals surface area contributed by atoms with E-state index in [1.54, 1.807) is 20.8 Å². The van der Waals surface area contributed by atoms with Crippen LogP contribution in [0.3, 0.4) is 0 Å². The third-order valence-electron chi connectivity index (χ3n) is 3.41. The molecule has 0 aliphatic rings. The van der Waals surface area contributed by atoms with Crippen molar-refractivity contribution in [3.05, 3.63) is 23.0 Å². The van der Waals surface area contributed by atoms with Gasteiger partial charge in [0.1, 0.15) is 11.1 Å². The summed E-state index contributed by atoms with van der Waals surface area (Å²) in [6.07, 6.45) is 0.541. The highest BCUT2D eigenvalue weighted by Crippen LogP contribution is 2.36. The van der Waals surface area contributed by atoms with Gasteiger partial charge in [-0.1, -0.05) is 53.1 Å². The summed E-state index contributed by atoms with van der Waals surface area (Å²) in [6, 6.07) is 2.61. The van der Waals surface area contributed by atoms with E-state index >= 15 is 0 Å². The van der Waals surface area contributed by atoms with Crippen LogP contribution in [0.1, 0.15) is 48.0 Å². The quantitative estimate of drug-likeness (QED) is 0.480. The average molecular weight is 404 g/mol. The van der Waals surface area contributed by atoms with Crippen molar-refractivity contribution in [3.8, 4) is 0 Å². The van der Waals surface area contributed by atoms with E-state index in [1.165, 1.54) is 17.8 Å². The summed E-state index contributed by atoms with van der Waals surface area (Å²) in [6.45, 7) is 11.4. The Bertz CT molecular complexity index is 659. The Morgan fingerprint density at radius 1 is 1.31 bits per heavy atom. The molecule has 0 spiro atoms. The fourth-order valence-corrected chi connectivity index (χ4v) is 3.10. The van der Waals surface area contributed by atoms with Gasteiger partial charge in [-0.3, -0.25) is 9.59 Å². The van der Waals surface area contributed by atoms with Crippen LogP contribution in [-0.4, -0.2) is 23.7 Å². The van der Waals surface area contributed by atoms with Crippen LogP contribution in [0.5, 0.6) is 0 Å². The summed E-state index contributed by atoms with van der Waals surface area (Å²) in [4.78, 5) is 24.9. The summed E-state index contributed by atoms with van der Waals surface area (Å²) in [5.41, 5.74) is -0.617. The normalized spacial score (nSPS) is 12.8. The van der Waals surface area contributed by atoms with Crippen molar-refractivity contribution in [1.29, 1.82) is 0 Å². The largest absolute Gasteiger partial charge is 0.465 e. The zero-order valence-electron chi connectivity index (χ0n) is 16.1. The monoisotopic (exact) mass is 403 g/mol. The molecule has 0 bridgehead atoms. The molecule has 0 fully saturated rings. The van der Waals surface area contributed by atoms with Gasteiger partial charge >= 0.3 is 5.97 Å². The molecule has 26 heavy (non-hydrogen) atoms. The predicted octanol–water partition coefficient (Wildman–Crippen LogP) is 5.53. The molecule has 1 rings (SSSR count). The van der Waals surface area contributed by atoms with Gasteiger partial charge in [0, 0.05) is 10.3 Å². The van der Waals surface area contributed by atoms with Crippen LogP contribution in [0.15, 0.2) is 17.0 Å². The van der Waals surface area contributed by atoms with Crippen LogP contribution in [-0.2, 0) is 14.3 Å². The molecule has 0 saturated heterocycles. The Morgan fingerprint density at radius 2 is 1.92 bits per heavy atom. The second-order valence-corrected chi connectivity index (χ2v) is 9.16. The van der Waals surface area contributed by atoms with Crippen LogP contribution in [0.4, 0.5) is 10.1 Å². The fourth-order valence-electron chi connectivity index (χ4n) is 1.82. The van der Waals surface area contributed by atoms with Gasteiger partial charge in [0.25, 0.3) is 0 Å². The van der Waals surface area contributed by atoms with Gasteiger partial charge in [-0.05, 0) is 24.5 Å². The first-order valence-electron chi connectivity index (χ1n) is 8.59. The Balaban J connectivity index is 2.99. The third kappa shape index (κ3) is 6.80. The molecule has 0 heterocycles. The maximum absolute atomic E-state index is 14.2. The summed E-state index contributed by atoms with van der Waals surface area (Å²) in [5.74, 6) is -1.01. The van der Waals surface area contributed by atoms with Crippen molar-refractivity contribution in [3.63, 3.8) is 0 Å². The number of nitrogens with one attached hydrogen (secondary N) is 1. The molecule has 1 N–H and O–H groups in total. The van der Waals surface area contributed by atoms with E-state index < -0.39 is 16.5 Å². The van der Waals surface area contributed by atoms with Crippen molar-refractivity contribution in [2.45, 2.75) is 58.1 Å². The van der Waals surface area contributed by atoms with E-state index in [1.807, 2.05) is 20.8 Å². The second kappa shape index (κ2) is 9.60. The zero-order valence-corrected chi connectivity index (χ0v) is 17.7. The Hall–Kier alpha value is -1.27. The van der Waals surface area contributed by atoms with Crippen LogP contribution >= 0.6 is 23.4 Å². The molecule has 0 radical (unpaired) electrons. The standard InChI is InChI=1S/C19H27ClFNO3S/c1-7-15(17(23)25-10-11(2)3)26-16-9-14(13(21)8-12(16)20)22-18(24)19(4,5)6/h8-9,11,15H,7,10H2,1-6H3,(H,22,24). The van der Waals surface area contributed by atoms with Gasteiger partial charge in [-0.15, -0.1) is 11.8 Å². The van der Waals surface area contributed by atoms with Crippen LogP contribution < -0.4 is 5.32 Å². The van der Waals surface area contributed by atoms with Crippen LogP contribution in [0.25, 0.3) is 0 Å². The molecule has 7 heteroatoms. The smallest absolute Gasteiger partial charge is 0.319 e. The number of esters is 1. The van der Waals surface area contributed by atoms with E-state index in [0.29, 0.717) is 17.9 Å². The van der Waals surface area contributed by atoms with Gasteiger partial charge in [-0.2, -0.15) is 0 Å². The molecule has 0 aliphatic heterocycles. The molecular weight excluding hydrogens is 377 g/mol. The minimum atomic E-state index is -0.661. The first-order valence-corrected chi connectivity index (χ1v) is 9.85. The lowest BCUT2D eigenvalue weighted by molar-refractivity contribution is -0.144. The number of ether oxygens (including phenoxy) is 1. The number of carbonyl (C=O) groups excluding carboxylic acids is 2. The lowest BCUT2D eigenvalue weighted by Gasteiger charge is -2.19. The van der Waals surface area contributed by atoms with Crippen molar-refractivity contribution in [2.75, 3.05) is 11.9 Å². The van der Waals surface area contributed by atoms with Crippen molar-refractivity contribution in [2.24, 2.45) is 11.3 Å². The van der Waals surface area contributed by atoms with Crippen LogP contribution in [0.2, 0.25) is 5.02 Å².